The van der Waals surface area contributed by atoms with Gasteiger partial charge in [-0.3, -0.25) is 0 Å². The van der Waals surface area contributed by atoms with Gasteiger partial charge in [0.25, 0.3) is 10.0 Å². The van der Waals surface area contributed by atoms with Crippen molar-refractivity contribution in [3.63, 3.8) is 0 Å². The highest BCUT2D eigenvalue weighted by atomic mass is 32.2. The second-order valence-electron chi connectivity index (χ2n) is 5.07. The second kappa shape index (κ2) is 5.88. The maximum atomic E-state index is 12.3. The monoisotopic (exact) mass is 304 g/mol. The van der Waals surface area contributed by atoms with E-state index < -0.39 is 15.6 Å². The molecule has 2 heterocycles. The van der Waals surface area contributed by atoms with Crippen molar-refractivity contribution in [2.75, 3.05) is 20.3 Å². The van der Waals surface area contributed by atoms with Crippen LogP contribution in [0.2, 0.25) is 0 Å². The number of rotatable bonds is 5. The average Bonchev–Trinajstić information content (AvgIpc) is 2.78. The van der Waals surface area contributed by atoms with Gasteiger partial charge in [0.15, 0.2) is 0 Å². The minimum Gasteiger partial charge on any atom is -0.380 e. The first-order valence-corrected chi connectivity index (χ1v) is 8.60. The van der Waals surface area contributed by atoms with E-state index >= 15 is 0 Å². The molecule has 1 aliphatic heterocycles. The third kappa shape index (κ3) is 3.76. The third-order valence-electron chi connectivity index (χ3n) is 3.07. The van der Waals surface area contributed by atoms with E-state index in [1.165, 1.54) is 11.3 Å². The maximum absolute atomic E-state index is 12.3. The van der Waals surface area contributed by atoms with Gasteiger partial charge in [0, 0.05) is 18.0 Å². The Morgan fingerprint density at radius 3 is 2.89 bits per heavy atom. The van der Waals surface area contributed by atoms with Gasteiger partial charge in [-0.1, -0.05) is 0 Å². The van der Waals surface area contributed by atoms with Crippen molar-refractivity contribution in [2.45, 2.75) is 36.1 Å². The Morgan fingerprint density at radius 2 is 2.26 bits per heavy atom. The van der Waals surface area contributed by atoms with E-state index in [2.05, 4.69) is 10.0 Å². The van der Waals surface area contributed by atoms with Crippen LogP contribution in [0.15, 0.2) is 16.3 Å². The summed E-state index contributed by atoms with van der Waals surface area (Å²) in [6.07, 6.45) is 1.69. The number of ether oxygens (including phenoxy) is 1. The lowest BCUT2D eigenvalue weighted by molar-refractivity contribution is 0.0387. The molecule has 0 radical (unpaired) electrons. The molecule has 108 valence electrons. The van der Waals surface area contributed by atoms with Crippen molar-refractivity contribution >= 4 is 21.4 Å². The molecular formula is C12H20N2O3S2. The van der Waals surface area contributed by atoms with Crippen LogP contribution in [-0.4, -0.2) is 34.2 Å². The highest BCUT2D eigenvalue weighted by Gasteiger charge is 2.33. The molecular weight excluding hydrogens is 284 g/mol. The van der Waals surface area contributed by atoms with E-state index in [4.69, 9.17) is 4.74 Å². The first kappa shape index (κ1) is 14.9. The fraction of sp³-hybridized carbons (Fsp3) is 0.667. The van der Waals surface area contributed by atoms with Gasteiger partial charge in [0.1, 0.15) is 4.21 Å². The summed E-state index contributed by atoms with van der Waals surface area (Å²) < 4.78 is 33.2. The Hall–Kier alpha value is -0.470. The molecule has 1 atom stereocenters. The van der Waals surface area contributed by atoms with Gasteiger partial charge in [0.2, 0.25) is 0 Å². The third-order valence-corrected chi connectivity index (χ3v) is 6.29. The Morgan fingerprint density at radius 1 is 1.47 bits per heavy atom. The highest BCUT2D eigenvalue weighted by molar-refractivity contribution is 7.91. The Kier molecular flexibility index (Phi) is 4.62. The van der Waals surface area contributed by atoms with Gasteiger partial charge in [-0.25, -0.2) is 13.1 Å². The lowest BCUT2D eigenvalue weighted by Gasteiger charge is -2.33. The van der Waals surface area contributed by atoms with Crippen molar-refractivity contribution in [1.29, 1.82) is 0 Å². The number of hydrogen-bond acceptors (Lipinski definition) is 5. The van der Waals surface area contributed by atoms with Crippen LogP contribution in [0.1, 0.15) is 24.6 Å². The average molecular weight is 304 g/mol. The minimum atomic E-state index is -3.46. The van der Waals surface area contributed by atoms with Crippen LogP contribution in [-0.2, 0) is 21.3 Å². The van der Waals surface area contributed by atoms with Crippen molar-refractivity contribution in [3.8, 4) is 0 Å². The molecule has 1 saturated heterocycles. The van der Waals surface area contributed by atoms with Gasteiger partial charge in [-0.15, -0.1) is 11.3 Å². The molecule has 0 bridgehead atoms. The normalized spacial score (nSPS) is 24.5. The first-order valence-electron chi connectivity index (χ1n) is 6.30. The van der Waals surface area contributed by atoms with Crippen LogP contribution in [0, 0.1) is 0 Å². The first-order chi connectivity index (χ1) is 8.95. The molecule has 1 aromatic heterocycles. The standard InChI is InChI=1S/C12H20N2O3S2/c1-12(6-3-7-17-9-12)14-19(15,16)11-5-4-10(18-11)8-13-2/h4-5,13-14H,3,6-9H2,1-2H3. The summed E-state index contributed by atoms with van der Waals surface area (Å²) in [6.45, 7) is 3.72. The molecule has 7 heteroatoms. The molecule has 0 aromatic carbocycles. The van der Waals surface area contributed by atoms with Crippen LogP contribution in [0.4, 0.5) is 0 Å². The quantitative estimate of drug-likeness (QED) is 0.861. The van der Waals surface area contributed by atoms with Gasteiger partial charge in [0.05, 0.1) is 12.1 Å². The summed E-state index contributed by atoms with van der Waals surface area (Å²) in [4.78, 5) is 1.01. The number of thiophene rings is 1. The zero-order chi connectivity index (χ0) is 13.9. The van der Waals surface area contributed by atoms with E-state index in [0.717, 1.165) is 17.7 Å². The van der Waals surface area contributed by atoms with Crippen LogP contribution >= 0.6 is 11.3 Å². The topological polar surface area (TPSA) is 67.4 Å². The molecule has 1 fully saturated rings. The van der Waals surface area contributed by atoms with E-state index in [-0.39, 0.29) is 0 Å². The number of sulfonamides is 1. The summed E-state index contributed by atoms with van der Waals surface area (Å²) in [6, 6.07) is 3.50. The molecule has 0 amide bonds. The fourth-order valence-corrected chi connectivity index (χ4v) is 4.95. The molecule has 5 nitrogen and oxygen atoms in total. The van der Waals surface area contributed by atoms with E-state index in [1.54, 1.807) is 6.07 Å². The number of hydrogen-bond donors (Lipinski definition) is 2. The van der Waals surface area contributed by atoms with Crippen molar-refractivity contribution in [3.05, 3.63) is 17.0 Å². The smallest absolute Gasteiger partial charge is 0.250 e. The van der Waals surface area contributed by atoms with Gasteiger partial charge < -0.3 is 10.1 Å². The zero-order valence-corrected chi connectivity index (χ0v) is 12.9. The second-order valence-corrected chi connectivity index (χ2v) is 8.15. The van der Waals surface area contributed by atoms with E-state index in [0.29, 0.717) is 24.0 Å². The summed E-state index contributed by atoms with van der Waals surface area (Å²) in [7, 11) is -1.62. The fourth-order valence-electron chi connectivity index (χ4n) is 2.16. The number of nitrogens with one attached hydrogen (secondary N) is 2. The van der Waals surface area contributed by atoms with Crippen LogP contribution < -0.4 is 10.0 Å². The molecule has 0 saturated carbocycles. The minimum absolute atomic E-state index is 0.365. The molecule has 0 spiro atoms. The molecule has 0 aliphatic carbocycles. The summed E-state index contributed by atoms with van der Waals surface area (Å²) in [5, 5.41) is 3.01. The summed E-state index contributed by atoms with van der Waals surface area (Å²) >= 11 is 1.30. The maximum Gasteiger partial charge on any atom is 0.250 e. The van der Waals surface area contributed by atoms with Crippen molar-refractivity contribution < 1.29 is 13.2 Å². The molecule has 1 unspecified atom stereocenters. The lowest BCUT2D eigenvalue weighted by atomic mass is 9.97. The predicted molar refractivity (Wildman–Crippen MR) is 75.9 cm³/mol. The van der Waals surface area contributed by atoms with Crippen molar-refractivity contribution in [2.24, 2.45) is 0 Å². The Balaban J connectivity index is 2.12. The highest BCUT2D eigenvalue weighted by Crippen LogP contribution is 2.25. The van der Waals surface area contributed by atoms with E-state index in [9.17, 15) is 8.42 Å². The molecule has 2 rings (SSSR count). The van der Waals surface area contributed by atoms with Crippen LogP contribution in [0.25, 0.3) is 0 Å². The largest absolute Gasteiger partial charge is 0.380 e. The Bertz CT molecular complexity index is 519. The Labute approximate surface area is 118 Å². The summed E-state index contributed by atoms with van der Waals surface area (Å²) in [5.41, 5.74) is -0.496. The van der Waals surface area contributed by atoms with E-state index in [1.807, 2.05) is 20.0 Å². The van der Waals surface area contributed by atoms with Gasteiger partial charge in [-0.2, -0.15) is 0 Å². The van der Waals surface area contributed by atoms with Crippen LogP contribution in [0.3, 0.4) is 0 Å². The zero-order valence-electron chi connectivity index (χ0n) is 11.2. The van der Waals surface area contributed by atoms with Gasteiger partial charge in [-0.05, 0) is 38.9 Å². The summed E-state index contributed by atoms with van der Waals surface area (Å²) in [5.74, 6) is 0. The SMILES string of the molecule is CNCc1ccc(S(=O)(=O)NC2(C)CCCOC2)s1. The molecule has 1 aromatic rings. The lowest BCUT2D eigenvalue weighted by Crippen LogP contribution is -2.51. The van der Waals surface area contributed by atoms with Crippen molar-refractivity contribution in [1.82, 2.24) is 10.0 Å². The van der Waals surface area contributed by atoms with Crippen LogP contribution in [0.5, 0.6) is 0 Å². The van der Waals surface area contributed by atoms with Gasteiger partial charge >= 0.3 is 0 Å². The molecule has 1 aliphatic rings. The molecule has 19 heavy (non-hydrogen) atoms. The predicted octanol–water partition coefficient (Wildman–Crippen LogP) is 1.31. The molecule has 2 N–H and O–H groups in total.